The van der Waals surface area contributed by atoms with E-state index in [2.05, 4.69) is 26.0 Å². The van der Waals surface area contributed by atoms with Crippen LogP contribution >= 0.6 is 0 Å². The fourth-order valence-corrected chi connectivity index (χ4v) is 6.00. The Morgan fingerprint density at radius 3 is 1.78 bits per heavy atom. The standard InChI is InChI=1S/C38H68O11/c1-25(2)14-10-15-26(3)17-12-23-38(9,46)31(49-35-34(43)33(42)32(41)29(24-39)48-35)20-19-30(47-28(5)40)37(8,45)22-13-18-27(4)16-11-21-36(6,7)44/h14,17-18,29-35,39,41-46H,10-13,15-16,19-24H2,1-9H3/b26-17+,27-18+/t29-,30?,31?,32-,33+,34+,35-,37?,38?/m1/s1. The van der Waals surface area contributed by atoms with Gasteiger partial charge in [-0.15, -0.1) is 0 Å². The van der Waals surface area contributed by atoms with Gasteiger partial charge < -0.3 is 50.0 Å². The molecule has 7 N–H and O–H groups in total. The third-order valence-corrected chi connectivity index (χ3v) is 9.27. The molecule has 9 atom stereocenters. The van der Waals surface area contributed by atoms with Crippen LogP contribution in [0.15, 0.2) is 34.9 Å². The summed E-state index contributed by atoms with van der Waals surface area (Å²) in [6, 6.07) is 0. The molecule has 1 rings (SSSR count). The van der Waals surface area contributed by atoms with Crippen molar-refractivity contribution in [2.45, 2.75) is 193 Å². The van der Waals surface area contributed by atoms with E-state index in [9.17, 15) is 40.5 Å². The third-order valence-electron chi connectivity index (χ3n) is 9.27. The van der Waals surface area contributed by atoms with Crippen molar-refractivity contribution in [3.63, 3.8) is 0 Å². The molecule has 11 nitrogen and oxygen atoms in total. The van der Waals surface area contributed by atoms with Crippen LogP contribution < -0.4 is 0 Å². The van der Waals surface area contributed by atoms with Gasteiger partial charge in [-0.2, -0.15) is 0 Å². The van der Waals surface area contributed by atoms with Gasteiger partial charge in [-0.25, -0.2) is 0 Å². The van der Waals surface area contributed by atoms with E-state index in [4.69, 9.17) is 14.2 Å². The highest BCUT2D eigenvalue weighted by Crippen LogP contribution is 2.33. The number of ether oxygens (including phenoxy) is 3. The molecule has 1 saturated heterocycles. The second-order valence-electron chi connectivity index (χ2n) is 15.4. The number of hydrogen-bond donors (Lipinski definition) is 7. The van der Waals surface area contributed by atoms with Crippen LogP contribution in [0.25, 0.3) is 0 Å². The number of carbonyl (C=O) groups excluding carboxylic acids is 1. The molecule has 11 heteroatoms. The van der Waals surface area contributed by atoms with Gasteiger partial charge in [0.1, 0.15) is 30.5 Å². The summed E-state index contributed by atoms with van der Waals surface area (Å²) in [5.74, 6) is -0.574. The summed E-state index contributed by atoms with van der Waals surface area (Å²) in [4.78, 5) is 12.2. The van der Waals surface area contributed by atoms with Gasteiger partial charge in [0.05, 0.1) is 29.5 Å². The maximum atomic E-state index is 12.2. The van der Waals surface area contributed by atoms with Gasteiger partial charge in [0, 0.05) is 6.92 Å². The van der Waals surface area contributed by atoms with E-state index in [0.29, 0.717) is 25.7 Å². The average Bonchev–Trinajstić information content (AvgIpc) is 2.97. The Bertz CT molecular complexity index is 1070. The van der Waals surface area contributed by atoms with Gasteiger partial charge in [-0.3, -0.25) is 4.79 Å². The van der Waals surface area contributed by atoms with Crippen molar-refractivity contribution in [1.29, 1.82) is 0 Å². The van der Waals surface area contributed by atoms with Crippen LogP contribution in [0.4, 0.5) is 0 Å². The van der Waals surface area contributed by atoms with Gasteiger partial charge in [-0.05, 0) is 126 Å². The molecule has 286 valence electrons. The zero-order valence-corrected chi connectivity index (χ0v) is 31.5. The first kappa shape index (κ1) is 45.4. The third kappa shape index (κ3) is 17.4. The highest BCUT2D eigenvalue weighted by molar-refractivity contribution is 5.66. The number of aliphatic hydroxyl groups excluding tert-OH is 4. The van der Waals surface area contributed by atoms with Crippen molar-refractivity contribution < 1.29 is 54.8 Å². The van der Waals surface area contributed by atoms with Crippen LogP contribution in [-0.2, 0) is 19.0 Å². The zero-order chi connectivity index (χ0) is 37.6. The first-order chi connectivity index (χ1) is 22.6. The fraction of sp³-hybridized carbons (Fsp3) is 0.816. The smallest absolute Gasteiger partial charge is 0.303 e. The van der Waals surface area contributed by atoms with Crippen molar-refractivity contribution in [3.8, 4) is 0 Å². The first-order valence-corrected chi connectivity index (χ1v) is 17.8. The lowest BCUT2D eigenvalue weighted by Gasteiger charge is -2.43. The highest BCUT2D eigenvalue weighted by Gasteiger charge is 2.47. The summed E-state index contributed by atoms with van der Waals surface area (Å²) in [5.41, 5.74) is -0.0933. The molecule has 0 aromatic carbocycles. The van der Waals surface area contributed by atoms with Crippen molar-refractivity contribution in [2.24, 2.45) is 0 Å². The molecule has 0 bridgehead atoms. The molecule has 49 heavy (non-hydrogen) atoms. The van der Waals surface area contributed by atoms with Crippen LogP contribution in [0.5, 0.6) is 0 Å². The fourth-order valence-electron chi connectivity index (χ4n) is 6.00. The van der Waals surface area contributed by atoms with E-state index in [1.165, 1.54) is 18.1 Å². The first-order valence-electron chi connectivity index (χ1n) is 17.8. The number of hydrogen-bond acceptors (Lipinski definition) is 11. The normalized spacial score (nSPS) is 26.0. The Balaban J connectivity index is 3.17. The Hall–Kier alpha value is -1.67. The van der Waals surface area contributed by atoms with Gasteiger partial charge in [0.2, 0.25) is 0 Å². The summed E-state index contributed by atoms with van der Waals surface area (Å²) >= 11 is 0. The lowest BCUT2D eigenvalue weighted by molar-refractivity contribution is -0.324. The molecule has 0 aromatic rings. The molecule has 0 saturated carbocycles. The Kier molecular flexibility index (Phi) is 19.4. The minimum atomic E-state index is -1.67. The van der Waals surface area contributed by atoms with E-state index in [-0.39, 0.29) is 19.3 Å². The summed E-state index contributed by atoms with van der Waals surface area (Å²) in [6.45, 7) is 15.5. The van der Waals surface area contributed by atoms with Crippen LogP contribution in [-0.4, -0.2) is 108 Å². The Morgan fingerprint density at radius 1 is 0.735 bits per heavy atom. The molecule has 4 unspecified atom stereocenters. The largest absolute Gasteiger partial charge is 0.460 e. The second kappa shape index (κ2) is 21.0. The van der Waals surface area contributed by atoms with Crippen LogP contribution in [0, 0.1) is 0 Å². The molecule has 1 aliphatic rings. The molecule has 0 amide bonds. The number of esters is 1. The van der Waals surface area contributed by atoms with E-state index in [1.54, 1.807) is 27.7 Å². The Morgan fingerprint density at radius 2 is 1.27 bits per heavy atom. The van der Waals surface area contributed by atoms with Crippen LogP contribution in [0.2, 0.25) is 0 Å². The number of aliphatic hydroxyl groups is 7. The molecular weight excluding hydrogens is 632 g/mol. The SMILES string of the molecule is CC(=O)OC(CCC(O[C@H]1O[C@H](CO)[C@@H](O)[C@H](O)[C@@H]1O)C(C)(O)CC/C=C(\C)CCC=C(C)C)C(C)(O)CC/C=C(\C)CCCC(C)(C)O. The topological polar surface area (TPSA) is 186 Å². The molecule has 0 aromatic heterocycles. The van der Waals surface area contributed by atoms with E-state index >= 15 is 0 Å². The van der Waals surface area contributed by atoms with Crippen LogP contribution in [0.1, 0.15) is 133 Å². The monoisotopic (exact) mass is 700 g/mol. The minimum Gasteiger partial charge on any atom is -0.460 e. The molecule has 1 heterocycles. The second-order valence-corrected chi connectivity index (χ2v) is 15.4. The molecular formula is C38H68O11. The maximum Gasteiger partial charge on any atom is 0.303 e. The summed E-state index contributed by atoms with van der Waals surface area (Å²) in [7, 11) is 0. The van der Waals surface area contributed by atoms with E-state index in [1.807, 2.05) is 19.9 Å². The average molecular weight is 701 g/mol. The summed E-state index contributed by atoms with van der Waals surface area (Å²) < 4.78 is 17.3. The molecule has 1 fully saturated rings. The maximum absolute atomic E-state index is 12.2. The van der Waals surface area contributed by atoms with E-state index in [0.717, 1.165) is 31.3 Å². The van der Waals surface area contributed by atoms with Crippen molar-refractivity contribution >= 4 is 5.97 Å². The van der Waals surface area contributed by atoms with Crippen LogP contribution in [0.3, 0.4) is 0 Å². The van der Waals surface area contributed by atoms with Crippen molar-refractivity contribution in [1.82, 2.24) is 0 Å². The van der Waals surface area contributed by atoms with Gasteiger partial charge in [-0.1, -0.05) is 34.9 Å². The van der Waals surface area contributed by atoms with Gasteiger partial charge >= 0.3 is 5.97 Å². The summed E-state index contributed by atoms with van der Waals surface area (Å²) in [6.07, 6.45) is 2.61. The predicted molar refractivity (Wildman–Crippen MR) is 189 cm³/mol. The Labute approximate surface area is 294 Å². The van der Waals surface area contributed by atoms with Gasteiger partial charge in [0.25, 0.3) is 0 Å². The van der Waals surface area contributed by atoms with Gasteiger partial charge in [0.15, 0.2) is 6.29 Å². The quantitative estimate of drug-likeness (QED) is 0.0622. The zero-order valence-electron chi connectivity index (χ0n) is 31.5. The lowest BCUT2D eigenvalue weighted by Crippen LogP contribution is -2.60. The highest BCUT2D eigenvalue weighted by atomic mass is 16.7. The molecule has 0 spiro atoms. The number of carbonyl (C=O) groups is 1. The lowest BCUT2D eigenvalue weighted by atomic mass is 9.85. The van der Waals surface area contributed by atoms with Crippen molar-refractivity contribution in [3.05, 3.63) is 34.9 Å². The molecule has 0 aliphatic carbocycles. The predicted octanol–water partition coefficient (Wildman–Crippen LogP) is 4.53. The number of allylic oxidation sites excluding steroid dienone is 6. The summed E-state index contributed by atoms with van der Waals surface area (Å²) in [5, 5.41) is 74.3. The van der Waals surface area contributed by atoms with E-state index < -0.39 is 72.3 Å². The molecule has 1 aliphatic heterocycles. The van der Waals surface area contributed by atoms with Crippen molar-refractivity contribution in [2.75, 3.05) is 6.61 Å². The number of rotatable bonds is 22. The molecule has 0 radical (unpaired) electrons. The minimum absolute atomic E-state index is 0.0746.